The molecule has 0 radical (unpaired) electrons. The van der Waals surface area contributed by atoms with E-state index in [-0.39, 0.29) is 13.0 Å². The van der Waals surface area contributed by atoms with Crippen LogP contribution in [0.2, 0.25) is 0 Å². The van der Waals surface area contributed by atoms with E-state index < -0.39 is 24.9 Å². The number of rotatable bonds is 5. The minimum absolute atomic E-state index is 0.0568. The molecule has 5 nitrogen and oxygen atoms in total. The second-order valence-corrected chi connectivity index (χ2v) is 2.53. The van der Waals surface area contributed by atoms with Gasteiger partial charge in [-0.3, -0.25) is 0 Å². The van der Waals surface area contributed by atoms with Crippen LogP contribution in [0.3, 0.4) is 0 Å². The quantitative estimate of drug-likeness (QED) is 0.292. The SMILES string of the molecule is NC(O)(CCO)C(CO)CO. The number of aliphatic hydroxyl groups is 4. The van der Waals surface area contributed by atoms with Crippen LogP contribution in [0.25, 0.3) is 0 Å². The van der Waals surface area contributed by atoms with Crippen molar-refractivity contribution in [3.05, 3.63) is 0 Å². The molecule has 0 aromatic carbocycles. The Labute approximate surface area is 65.1 Å². The topological polar surface area (TPSA) is 107 Å². The minimum atomic E-state index is -1.68. The highest BCUT2D eigenvalue weighted by Gasteiger charge is 2.30. The monoisotopic (exact) mass is 165 g/mol. The van der Waals surface area contributed by atoms with Crippen LogP contribution < -0.4 is 5.73 Å². The van der Waals surface area contributed by atoms with Gasteiger partial charge in [0.1, 0.15) is 5.72 Å². The zero-order valence-corrected chi connectivity index (χ0v) is 6.27. The van der Waals surface area contributed by atoms with Gasteiger partial charge in [0.25, 0.3) is 0 Å². The molecule has 0 spiro atoms. The molecule has 0 aromatic heterocycles. The zero-order valence-electron chi connectivity index (χ0n) is 6.27. The third-order valence-electron chi connectivity index (χ3n) is 1.66. The van der Waals surface area contributed by atoms with Gasteiger partial charge in [-0.05, 0) is 0 Å². The van der Waals surface area contributed by atoms with Gasteiger partial charge in [0.15, 0.2) is 0 Å². The number of hydrogen-bond acceptors (Lipinski definition) is 5. The van der Waals surface area contributed by atoms with E-state index in [1.807, 2.05) is 0 Å². The molecule has 0 saturated heterocycles. The fraction of sp³-hybridized carbons (Fsp3) is 1.00. The minimum Gasteiger partial charge on any atom is -0.396 e. The summed E-state index contributed by atoms with van der Waals surface area (Å²) < 4.78 is 0. The first-order chi connectivity index (χ1) is 5.08. The molecule has 0 amide bonds. The van der Waals surface area contributed by atoms with Gasteiger partial charge >= 0.3 is 0 Å². The summed E-state index contributed by atoms with van der Waals surface area (Å²) in [5, 5.41) is 34.9. The Morgan fingerprint density at radius 1 is 1.18 bits per heavy atom. The summed E-state index contributed by atoms with van der Waals surface area (Å²) in [5.41, 5.74) is 3.59. The molecule has 68 valence electrons. The van der Waals surface area contributed by atoms with Crippen molar-refractivity contribution < 1.29 is 20.4 Å². The summed E-state index contributed by atoms with van der Waals surface area (Å²) >= 11 is 0. The van der Waals surface area contributed by atoms with Crippen LogP contribution in [0.1, 0.15) is 6.42 Å². The average molecular weight is 165 g/mol. The lowest BCUT2D eigenvalue weighted by Crippen LogP contribution is -2.50. The second kappa shape index (κ2) is 4.63. The van der Waals surface area contributed by atoms with Crippen LogP contribution in [0.5, 0.6) is 0 Å². The Balaban J connectivity index is 4.00. The molecule has 1 atom stereocenters. The average Bonchev–Trinajstić information content (AvgIpc) is 1.89. The van der Waals surface area contributed by atoms with Crippen molar-refractivity contribution >= 4 is 0 Å². The molecule has 11 heavy (non-hydrogen) atoms. The molecule has 0 heterocycles. The summed E-state index contributed by atoms with van der Waals surface area (Å²) in [7, 11) is 0. The Morgan fingerprint density at radius 3 is 1.91 bits per heavy atom. The molecule has 0 rings (SSSR count). The molecule has 0 aromatic rings. The van der Waals surface area contributed by atoms with Crippen molar-refractivity contribution in [1.29, 1.82) is 0 Å². The molecular weight excluding hydrogens is 150 g/mol. The highest BCUT2D eigenvalue weighted by atomic mass is 16.3. The molecule has 0 aliphatic rings. The smallest absolute Gasteiger partial charge is 0.123 e. The number of nitrogens with two attached hydrogens (primary N) is 1. The normalized spacial score (nSPS) is 16.9. The molecule has 0 aliphatic carbocycles. The van der Waals surface area contributed by atoms with Crippen molar-refractivity contribution in [3.8, 4) is 0 Å². The molecule has 5 heteroatoms. The summed E-state index contributed by atoms with van der Waals surface area (Å²) in [4.78, 5) is 0. The van der Waals surface area contributed by atoms with E-state index in [0.29, 0.717) is 0 Å². The van der Waals surface area contributed by atoms with E-state index in [4.69, 9.17) is 21.1 Å². The lowest BCUT2D eigenvalue weighted by atomic mass is 9.95. The lowest BCUT2D eigenvalue weighted by molar-refractivity contribution is -0.0687. The second-order valence-electron chi connectivity index (χ2n) is 2.53. The zero-order chi connectivity index (χ0) is 8.91. The standard InChI is InChI=1S/C6H15NO4/c7-6(11,1-2-8)5(3-9)4-10/h5,8-11H,1-4,7H2. The molecule has 0 bridgehead atoms. The first kappa shape index (κ1) is 10.8. The van der Waals surface area contributed by atoms with Crippen LogP contribution in [0, 0.1) is 5.92 Å². The maximum Gasteiger partial charge on any atom is 0.123 e. The fourth-order valence-corrected chi connectivity index (χ4v) is 0.757. The number of aliphatic hydroxyl groups excluding tert-OH is 3. The van der Waals surface area contributed by atoms with E-state index in [9.17, 15) is 5.11 Å². The first-order valence-corrected chi connectivity index (χ1v) is 3.42. The van der Waals surface area contributed by atoms with Crippen LogP contribution in [0.15, 0.2) is 0 Å². The molecule has 0 aliphatic heterocycles. The largest absolute Gasteiger partial charge is 0.396 e. The van der Waals surface area contributed by atoms with Gasteiger partial charge in [0, 0.05) is 18.9 Å². The van der Waals surface area contributed by atoms with E-state index in [0.717, 1.165) is 0 Å². The molecule has 0 saturated carbocycles. The summed E-state index contributed by atoms with van der Waals surface area (Å²) in [5.74, 6) is -0.797. The van der Waals surface area contributed by atoms with Gasteiger partial charge in [-0.15, -0.1) is 0 Å². The van der Waals surface area contributed by atoms with E-state index >= 15 is 0 Å². The molecule has 1 unspecified atom stereocenters. The summed E-state index contributed by atoms with van der Waals surface area (Å²) in [6.45, 7) is -1.07. The maximum atomic E-state index is 9.27. The van der Waals surface area contributed by atoms with Crippen LogP contribution >= 0.6 is 0 Å². The van der Waals surface area contributed by atoms with Gasteiger partial charge < -0.3 is 26.2 Å². The van der Waals surface area contributed by atoms with Gasteiger partial charge in [0.05, 0.1) is 13.2 Å². The van der Waals surface area contributed by atoms with Crippen molar-refractivity contribution in [2.24, 2.45) is 11.7 Å². The van der Waals surface area contributed by atoms with Crippen molar-refractivity contribution in [2.45, 2.75) is 12.1 Å². The summed E-state index contributed by atoms with van der Waals surface area (Å²) in [6.07, 6.45) is -0.0568. The third-order valence-corrected chi connectivity index (χ3v) is 1.66. The van der Waals surface area contributed by atoms with Crippen molar-refractivity contribution in [2.75, 3.05) is 19.8 Å². The van der Waals surface area contributed by atoms with Crippen LogP contribution in [-0.2, 0) is 0 Å². The lowest BCUT2D eigenvalue weighted by Gasteiger charge is -2.29. The Kier molecular flexibility index (Phi) is 4.55. The van der Waals surface area contributed by atoms with Gasteiger partial charge in [-0.2, -0.15) is 0 Å². The van der Waals surface area contributed by atoms with E-state index in [1.165, 1.54) is 0 Å². The van der Waals surface area contributed by atoms with Gasteiger partial charge in [-0.1, -0.05) is 0 Å². The third kappa shape index (κ3) is 3.13. The Morgan fingerprint density at radius 2 is 1.64 bits per heavy atom. The van der Waals surface area contributed by atoms with Crippen molar-refractivity contribution in [3.63, 3.8) is 0 Å². The predicted molar refractivity (Wildman–Crippen MR) is 38.5 cm³/mol. The number of hydrogen-bond donors (Lipinski definition) is 5. The van der Waals surface area contributed by atoms with Crippen molar-refractivity contribution in [1.82, 2.24) is 0 Å². The van der Waals surface area contributed by atoms with E-state index in [1.54, 1.807) is 0 Å². The predicted octanol–water partition coefficient (Wildman–Crippen LogP) is -2.38. The van der Waals surface area contributed by atoms with Crippen LogP contribution in [-0.4, -0.2) is 46.0 Å². The summed E-state index contributed by atoms with van der Waals surface area (Å²) in [6, 6.07) is 0. The van der Waals surface area contributed by atoms with Crippen LogP contribution in [0.4, 0.5) is 0 Å². The molecular formula is C6H15NO4. The van der Waals surface area contributed by atoms with E-state index in [2.05, 4.69) is 0 Å². The molecule has 0 fully saturated rings. The maximum absolute atomic E-state index is 9.27. The van der Waals surface area contributed by atoms with Gasteiger partial charge in [-0.25, -0.2) is 0 Å². The highest BCUT2D eigenvalue weighted by molar-refractivity contribution is 4.79. The fourth-order valence-electron chi connectivity index (χ4n) is 0.757. The highest BCUT2D eigenvalue weighted by Crippen LogP contribution is 2.13. The first-order valence-electron chi connectivity index (χ1n) is 3.42. The Bertz CT molecular complexity index is 103. The Hall–Kier alpha value is -0.200. The molecule has 6 N–H and O–H groups in total. The van der Waals surface area contributed by atoms with Gasteiger partial charge in [0.2, 0.25) is 0 Å².